The number of hydrogen-bond acceptors (Lipinski definition) is 6. The number of ether oxygens (including phenoxy) is 1. The molecule has 0 spiro atoms. The quantitative estimate of drug-likeness (QED) is 0.702. The average Bonchev–Trinajstić information content (AvgIpc) is 2.45. The van der Waals surface area contributed by atoms with Crippen molar-refractivity contribution < 1.29 is 14.6 Å². The number of para-hydroxylation sites is 1. The molecule has 21 heavy (non-hydrogen) atoms. The van der Waals surface area contributed by atoms with Gasteiger partial charge < -0.3 is 9.84 Å². The lowest BCUT2D eigenvalue weighted by molar-refractivity contribution is -0.120. The van der Waals surface area contributed by atoms with E-state index in [1.54, 1.807) is 30.3 Å². The van der Waals surface area contributed by atoms with E-state index >= 15 is 0 Å². The zero-order valence-electron chi connectivity index (χ0n) is 10.6. The number of aromatic hydroxyl groups is 1. The van der Waals surface area contributed by atoms with Crippen LogP contribution in [0.1, 0.15) is 0 Å². The minimum Gasteiger partial charge on any atom is -0.493 e. The van der Waals surface area contributed by atoms with Crippen LogP contribution < -0.4 is 16.0 Å². The summed E-state index contributed by atoms with van der Waals surface area (Å²) in [5.41, 5.74) is -2.42. The van der Waals surface area contributed by atoms with Gasteiger partial charge in [0.1, 0.15) is 5.75 Å². The van der Waals surface area contributed by atoms with Crippen LogP contribution in [0.15, 0.2) is 50.1 Å². The monoisotopic (exact) mass is 290 g/mol. The van der Waals surface area contributed by atoms with Crippen LogP contribution in [0.25, 0.3) is 0 Å². The highest BCUT2D eigenvalue weighted by molar-refractivity contribution is 5.78. The first kappa shape index (κ1) is 14.2. The molecule has 0 radical (unpaired) electrons. The molecule has 0 bridgehead atoms. The third-order valence-electron chi connectivity index (χ3n) is 2.27. The van der Waals surface area contributed by atoms with Gasteiger partial charge in [0.15, 0.2) is 6.61 Å². The molecular formula is C12H10N4O5. The molecule has 1 heterocycles. The van der Waals surface area contributed by atoms with Gasteiger partial charge in [0.25, 0.3) is 5.56 Å². The van der Waals surface area contributed by atoms with Crippen molar-refractivity contribution in [2.75, 3.05) is 6.61 Å². The Labute approximate surface area is 116 Å². The first-order valence-corrected chi connectivity index (χ1v) is 5.74. The van der Waals surface area contributed by atoms with Crippen LogP contribution in [-0.4, -0.2) is 27.6 Å². The third kappa shape index (κ3) is 3.86. The molecule has 1 aromatic heterocycles. The molecule has 0 atom stereocenters. The number of nitrogens with zero attached hydrogens (tertiary/aromatic N) is 2. The predicted molar refractivity (Wildman–Crippen MR) is 70.8 cm³/mol. The number of carbonyl (C=O) groups is 1. The zero-order chi connectivity index (χ0) is 15.2. The van der Waals surface area contributed by atoms with Crippen LogP contribution in [-0.2, 0) is 4.79 Å². The van der Waals surface area contributed by atoms with E-state index in [1.165, 1.54) is 0 Å². The molecule has 9 heteroatoms. The molecule has 0 fully saturated rings. The highest BCUT2D eigenvalue weighted by Crippen LogP contribution is 2.15. The fraction of sp³-hybridized carbons (Fsp3) is 0.0833. The highest BCUT2D eigenvalue weighted by Gasteiger charge is 2.08. The second-order valence-electron chi connectivity index (χ2n) is 3.80. The molecular weight excluding hydrogens is 280 g/mol. The summed E-state index contributed by atoms with van der Waals surface area (Å²) >= 11 is 0. The minimum atomic E-state index is -0.961. The molecule has 1 aromatic carbocycles. The van der Waals surface area contributed by atoms with Crippen molar-refractivity contribution in [1.29, 1.82) is 0 Å². The summed E-state index contributed by atoms with van der Waals surface area (Å²) in [6.07, 6.45) is 0. The van der Waals surface area contributed by atoms with Crippen LogP contribution in [0.2, 0.25) is 0 Å². The Morgan fingerprint density at radius 3 is 2.57 bits per heavy atom. The number of H-pyrrole nitrogens is 2. The molecule has 0 saturated carbocycles. The zero-order valence-corrected chi connectivity index (χ0v) is 10.6. The lowest BCUT2D eigenvalue weighted by atomic mass is 10.3. The number of aromatic amines is 2. The first-order valence-electron chi connectivity index (χ1n) is 5.74. The van der Waals surface area contributed by atoms with Gasteiger partial charge >= 0.3 is 11.6 Å². The van der Waals surface area contributed by atoms with Crippen molar-refractivity contribution >= 4 is 11.6 Å². The van der Waals surface area contributed by atoms with E-state index in [1.807, 2.05) is 9.97 Å². The number of carbonyl (C=O) groups excluding carboxylic acids is 1. The van der Waals surface area contributed by atoms with Crippen molar-refractivity contribution in [2.45, 2.75) is 0 Å². The van der Waals surface area contributed by atoms with E-state index in [4.69, 9.17) is 4.74 Å². The second-order valence-corrected chi connectivity index (χ2v) is 3.80. The van der Waals surface area contributed by atoms with Gasteiger partial charge in [-0.15, -0.1) is 10.2 Å². The first-order chi connectivity index (χ1) is 10.1. The molecule has 9 nitrogen and oxygen atoms in total. The molecule has 0 aliphatic rings. The lowest BCUT2D eigenvalue weighted by Crippen LogP contribution is -2.21. The summed E-state index contributed by atoms with van der Waals surface area (Å²) < 4.78 is 5.13. The van der Waals surface area contributed by atoms with Crippen molar-refractivity contribution in [3.8, 4) is 11.6 Å². The van der Waals surface area contributed by atoms with Crippen LogP contribution in [0, 0.1) is 0 Å². The van der Waals surface area contributed by atoms with E-state index in [9.17, 15) is 19.5 Å². The van der Waals surface area contributed by atoms with Crippen LogP contribution in [0.4, 0.5) is 5.69 Å². The van der Waals surface area contributed by atoms with Gasteiger partial charge in [0.2, 0.25) is 11.6 Å². The number of benzene rings is 1. The molecule has 0 aliphatic carbocycles. The standard InChI is InChI=1S/C12H10N4O5/c17-8(6-21-7-4-2-1-3-5-7)15-16-9-10(18)13-12(20)14-11(9)19/h1-5H,6H2,(H3,13,14,18,19,20). The number of aromatic nitrogens is 2. The predicted octanol–water partition coefficient (Wildman–Crippen LogP) is 0.458. The van der Waals surface area contributed by atoms with Gasteiger partial charge in [-0.2, -0.15) is 0 Å². The minimum absolute atomic E-state index is 0.379. The maximum absolute atomic E-state index is 11.4. The summed E-state index contributed by atoms with van der Waals surface area (Å²) in [7, 11) is 0. The number of rotatable bonds is 4. The van der Waals surface area contributed by atoms with Crippen LogP contribution in [0.5, 0.6) is 11.6 Å². The molecule has 3 N–H and O–H groups in total. The summed E-state index contributed by atoms with van der Waals surface area (Å²) in [6, 6.07) is 8.57. The van der Waals surface area contributed by atoms with Gasteiger partial charge in [-0.3, -0.25) is 19.6 Å². The van der Waals surface area contributed by atoms with Gasteiger partial charge in [0, 0.05) is 0 Å². The van der Waals surface area contributed by atoms with E-state index in [0.29, 0.717) is 5.75 Å². The number of amides is 1. The van der Waals surface area contributed by atoms with Crippen molar-refractivity contribution in [3.05, 3.63) is 51.2 Å². The molecule has 108 valence electrons. The average molecular weight is 290 g/mol. The Hall–Kier alpha value is -3.23. The summed E-state index contributed by atoms with van der Waals surface area (Å²) in [5, 5.41) is 15.8. The van der Waals surface area contributed by atoms with E-state index in [-0.39, 0.29) is 6.61 Å². The normalized spacial score (nSPS) is 10.7. The van der Waals surface area contributed by atoms with Gasteiger partial charge in [-0.25, -0.2) is 4.79 Å². The largest absolute Gasteiger partial charge is 0.493 e. The Morgan fingerprint density at radius 1 is 1.19 bits per heavy atom. The number of azo groups is 1. The molecule has 0 unspecified atom stereocenters. The van der Waals surface area contributed by atoms with E-state index < -0.39 is 28.7 Å². The third-order valence-corrected chi connectivity index (χ3v) is 2.27. The maximum atomic E-state index is 11.4. The Morgan fingerprint density at radius 2 is 1.90 bits per heavy atom. The highest BCUT2D eigenvalue weighted by atomic mass is 16.5. The molecule has 0 aliphatic heterocycles. The Kier molecular flexibility index (Phi) is 4.24. The van der Waals surface area contributed by atoms with Gasteiger partial charge in [-0.05, 0) is 12.1 Å². The Bertz CT molecular complexity index is 778. The van der Waals surface area contributed by atoms with Gasteiger partial charge in [-0.1, -0.05) is 18.2 Å². The van der Waals surface area contributed by atoms with Crippen molar-refractivity contribution in [2.24, 2.45) is 10.2 Å². The fourth-order valence-corrected chi connectivity index (χ4v) is 1.36. The Balaban J connectivity index is 2.03. The SMILES string of the molecule is O=C(COc1ccccc1)N=Nc1c(O)[nH]c(=O)[nH]c1=O. The van der Waals surface area contributed by atoms with Gasteiger partial charge in [0.05, 0.1) is 0 Å². The molecule has 2 rings (SSSR count). The topological polar surface area (TPSA) is 137 Å². The van der Waals surface area contributed by atoms with Crippen molar-refractivity contribution in [1.82, 2.24) is 9.97 Å². The fourth-order valence-electron chi connectivity index (χ4n) is 1.36. The molecule has 1 amide bonds. The summed E-state index contributed by atoms with van der Waals surface area (Å²) in [4.78, 5) is 37.3. The molecule has 2 aromatic rings. The maximum Gasteiger partial charge on any atom is 0.328 e. The van der Waals surface area contributed by atoms with E-state index in [2.05, 4.69) is 10.2 Å². The smallest absolute Gasteiger partial charge is 0.328 e. The van der Waals surface area contributed by atoms with Crippen molar-refractivity contribution in [3.63, 3.8) is 0 Å². The second kappa shape index (κ2) is 6.28. The number of nitrogens with one attached hydrogen (secondary N) is 2. The number of hydrogen-bond donors (Lipinski definition) is 3. The molecule has 0 saturated heterocycles. The summed E-state index contributed by atoms with van der Waals surface area (Å²) in [6.45, 7) is -0.379. The van der Waals surface area contributed by atoms with E-state index in [0.717, 1.165) is 0 Å². The lowest BCUT2D eigenvalue weighted by Gasteiger charge is -2.01. The summed E-state index contributed by atoms with van der Waals surface area (Å²) in [5.74, 6) is -1.06. The van der Waals surface area contributed by atoms with Crippen LogP contribution in [0.3, 0.4) is 0 Å². The van der Waals surface area contributed by atoms with Crippen LogP contribution >= 0.6 is 0 Å².